The fraction of sp³-hybridized carbons (Fsp3) is 0.400. The molecule has 1 atom stereocenters. The molecule has 1 aromatic carbocycles. The van der Waals surface area contributed by atoms with Gasteiger partial charge in [0.25, 0.3) is 5.56 Å². The summed E-state index contributed by atoms with van der Waals surface area (Å²) in [4.78, 5) is 20.5. The molecule has 0 amide bonds. The third-order valence-corrected chi connectivity index (χ3v) is 5.68. The number of pyridine rings is 1. The minimum Gasteiger partial charge on any atom is -0.494 e. The summed E-state index contributed by atoms with van der Waals surface area (Å²) in [5.74, 6) is -1.08. The average Bonchev–Trinajstić information content (AvgIpc) is 2.89. The molecule has 1 fully saturated rings. The van der Waals surface area contributed by atoms with E-state index >= 15 is 0 Å². The first-order valence-electron chi connectivity index (χ1n) is 11.6. The standard InChI is InChI=1S/C25H28F2N4O5/c1-16-11-20(33-2)24(27)19(23(16)26)15-36-18-12-28-25(29-13-18)30-17-6-7-21(32)31(14-17)8-10-35-22-5-3-4-9-34-22/h6-7,11-14,22H,3-5,8-10,15H2,1-2H3,(H,28,29,30). The van der Waals surface area contributed by atoms with Crippen LogP contribution < -0.4 is 20.3 Å². The number of halogens is 2. The smallest absolute Gasteiger partial charge is 0.250 e. The number of aryl methyl sites for hydroxylation is 1. The molecule has 36 heavy (non-hydrogen) atoms. The lowest BCUT2D eigenvalue weighted by molar-refractivity contribution is -0.163. The summed E-state index contributed by atoms with van der Waals surface area (Å²) >= 11 is 0. The molecule has 0 aliphatic carbocycles. The second kappa shape index (κ2) is 11.9. The van der Waals surface area contributed by atoms with Crippen molar-refractivity contribution >= 4 is 11.6 Å². The minimum absolute atomic E-state index is 0.0569. The van der Waals surface area contributed by atoms with E-state index < -0.39 is 11.6 Å². The molecule has 1 N–H and O–H groups in total. The van der Waals surface area contributed by atoms with Gasteiger partial charge in [-0.3, -0.25) is 4.79 Å². The van der Waals surface area contributed by atoms with Crippen molar-refractivity contribution in [1.29, 1.82) is 0 Å². The molecule has 192 valence electrons. The molecule has 0 bridgehead atoms. The van der Waals surface area contributed by atoms with E-state index in [-0.39, 0.29) is 47.0 Å². The van der Waals surface area contributed by atoms with Crippen LogP contribution in [0, 0.1) is 18.6 Å². The Morgan fingerprint density at radius 3 is 2.72 bits per heavy atom. The number of nitrogens with one attached hydrogen (secondary N) is 1. The first kappa shape index (κ1) is 25.5. The van der Waals surface area contributed by atoms with Crippen molar-refractivity contribution in [2.24, 2.45) is 0 Å². The number of rotatable bonds is 10. The monoisotopic (exact) mass is 502 g/mol. The molecule has 2 aromatic heterocycles. The van der Waals surface area contributed by atoms with Gasteiger partial charge in [0.2, 0.25) is 5.95 Å². The minimum atomic E-state index is -0.813. The number of benzene rings is 1. The van der Waals surface area contributed by atoms with E-state index in [2.05, 4.69) is 15.3 Å². The van der Waals surface area contributed by atoms with Crippen LogP contribution in [0.25, 0.3) is 0 Å². The quantitative estimate of drug-likeness (QED) is 0.443. The van der Waals surface area contributed by atoms with E-state index in [0.717, 1.165) is 19.3 Å². The lowest BCUT2D eigenvalue weighted by Crippen LogP contribution is -2.26. The molecule has 9 nitrogen and oxygen atoms in total. The van der Waals surface area contributed by atoms with Crippen LogP contribution in [-0.4, -0.2) is 41.1 Å². The van der Waals surface area contributed by atoms with Crippen molar-refractivity contribution in [2.45, 2.75) is 45.6 Å². The Bertz CT molecular complexity index is 1230. The Kier molecular flexibility index (Phi) is 8.44. The zero-order valence-corrected chi connectivity index (χ0v) is 20.1. The highest BCUT2D eigenvalue weighted by atomic mass is 19.1. The molecule has 1 aliphatic rings. The maximum atomic E-state index is 14.4. The van der Waals surface area contributed by atoms with Gasteiger partial charge < -0.3 is 28.8 Å². The van der Waals surface area contributed by atoms with Crippen LogP contribution in [0.3, 0.4) is 0 Å². The summed E-state index contributed by atoms with van der Waals surface area (Å²) in [6, 6.07) is 4.35. The average molecular weight is 503 g/mol. The second-order valence-electron chi connectivity index (χ2n) is 8.27. The highest BCUT2D eigenvalue weighted by Crippen LogP contribution is 2.27. The van der Waals surface area contributed by atoms with Crippen molar-refractivity contribution in [2.75, 3.05) is 25.6 Å². The number of methoxy groups -OCH3 is 1. The fourth-order valence-corrected chi connectivity index (χ4v) is 3.73. The van der Waals surface area contributed by atoms with Gasteiger partial charge in [-0.05, 0) is 43.9 Å². The highest BCUT2D eigenvalue weighted by molar-refractivity contribution is 5.51. The van der Waals surface area contributed by atoms with E-state index in [1.165, 1.54) is 43.1 Å². The Hall–Kier alpha value is -3.57. The number of anilines is 2. The Morgan fingerprint density at radius 1 is 1.19 bits per heavy atom. The van der Waals surface area contributed by atoms with Crippen molar-refractivity contribution in [3.63, 3.8) is 0 Å². The van der Waals surface area contributed by atoms with E-state index in [4.69, 9.17) is 18.9 Å². The van der Waals surface area contributed by atoms with Gasteiger partial charge in [0.05, 0.1) is 37.4 Å². The van der Waals surface area contributed by atoms with Crippen molar-refractivity contribution < 1.29 is 27.7 Å². The summed E-state index contributed by atoms with van der Waals surface area (Å²) in [6.45, 7) is 2.59. The van der Waals surface area contributed by atoms with Gasteiger partial charge in [-0.2, -0.15) is 0 Å². The molecular weight excluding hydrogens is 474 g/mol. The number of hydrogen-bond acceptors (Lipinski definition) is 8. The molecule has 3 aromatic rings. The number of aromatic nitrogens is 3. The molecule has 0 saturated carbocycles. The van der Waals surface area contributed by atoms with Crippen LogP contribution in [0.15, 0.2) is 41.6 Å². The lowest BCUT2D eigenvalue weighted by Gasteiger charge is -2.22. The zero-order valence-electron chi connectivity index (χ0n) is 20.1. The third kappa shape index (κ3) is 6.35. The van der Waals surface area contributed by atoms with Crippen LogP contribution >= 0.6 is 0 Å². The van der Waals surface area contributed by atoms with Gasteiger partial charge >= 0.3 is 0 Å². The molecule has 1 aliphatic heterocycles. The Labute approximate surface area is 207 Å². The Morgan fingerprint density at radius 2 is 2.00 bits per heavy atom. The van der Waals surface area contributed by atoms with Crippen molar-refractivity contribution in [1.82, 2.24) is 14.5 Å². The second-order valence-corrected chi connectivity index (χ2v) is 8.27. The van der Waals surface area contributed by atoms with E-state index in [9.17, 15) is 13.6 Å². The maximum Gasteiger partial charge on any atom is 0.250 e. The predicted octanol–water partition coefficient (Wildman–Crippen LogP) is 4.10. The molecule has 0 radical (unpaired) electrons. The lowest BCUT2D eigenvalue weighted by atomic mass is 10.1. The van der Waals surface area contributed by atoms with Gasteiger partial charge in [-0.1, -0.05) is 0 Å². The zero-order chi connectivity index (χ0) is 25.5. The van der Waals surface area contributed by atoms with E-state index in [1.807, 2.05) is 0 Å². The predicted molar refractivity (Wildman–Crippen MR) is 128 cm³/mol. The summed E-state index contributed by atoms with van der Waals surface area (Å²) in [5.41, 5.74) is 0.451. The fourth-order valence-electron chi connectivity index (χ4n) is 3.73. The third-order valence-electron chi connectivity index (χ3n) is 5.68. The van der Waals surface area contributed by atoms with E-state index in [0.29, 0.717) is 25.4 Å². The van der Waals surface area contributed by atoms with Crippen molar-refractivity contribution in [3.05, 3.63) is 69.9 Å². The largest absolute Gasteiger partial charge is 0.494 e. The molecule has 0 spiro atoms. The summed E-state index contributed by atoms with van der Waals surface area (Å²) in [5, 5.41) is 3.01. The van der Waals surface area contributed by atoms with Gasteiger partial charge in [0.1, 0.15) is 12.4 Å². The molecule has 1 saturated heterocycles. The van der Waals surface area contributed by atoms with Crippen LogP contribution in [0.5, 0.6) is 11.5 Å². The molecule has 3 heterocycles. The summed E-state index contributed by atoms with van der Waals surface area (Å²) in [6.07, 6.45) is 7.17. The van der Waals surface area contributed by atoms with Gasteiger partial charge in [-0.25, -0.2) is 18.7 Å². The summed E-state index contributed by atoms with van der Waals surface area (Å²) in [7, 11) is 1.31. The SMILES string of the molecule is COc1cc(C)c(F)c(COc2cnc(Nc3ccc(=O)n(CCOC4CCCCO4)c3)nc2)c1F. The number of nitrogens with zero attached hydrogens (tertiary/aromatic N) is 3. The highest BCUT2D eigenvalue weighted by Gasteiger charge is 2.18. The van der Waals surface area contributed by atoms with Crippen LogP contribution in [0.2, 0.25) is 0 Å². The first-order chi connectivity index (χ1) is 17.4. The van der Waals surface area contributed by atoms with Crippen LogP contribution in [0.1, 0.15) is 30.4 Å². The molecule has 11 heteroatoms. The van der Waals surface area contributed by atoms with E-state index in [1.54, 1.807) is 12.3 Å². The van der Waals surface area contributed by atoms with Crippen LogP contribution in [0.4, 0.5) is 20.4 Å². The molecular formula is C25H28F2N4O5. The number of hydrogen-bond donors (Lipinski definition) is 1. The maximum absolute atomic E-state index is 14.4. The molecule has 4 rings (SSSR count). The normalized spacial score (nSPS) is 15.5. The Balaban J connectivity index is 1.34. The number of ether oxygens (including phenoxy) is 4. The van der Waals surface area contributed by atoms with Crippen LogP contribution in [-0.2, 0) is 22.6 Å². The van der Waals surface area contributed by atoms with Gasteiger partial charge in [0.15, 0.2) is 23.6 Å². The van der Waals surface area contributed by atoms with Gasteiger partial charge in [-0.15, -0.1) is 0 Å². The van der Waals surface area contributed by atoms with Gasteiger partial charge in [0, 0.05) is 25.4 Å². The first-order valence-corrected chi connectivity index (χ1v) is 11.6. The van der Waals surface area contributed by atoms with Crippen molar-refractivity contribution in [3.8, 4) is 11.5 Å². The summed E-state index contributed by atoms with van der Waals surface area (Å²) < 4.78 is 52.0. The topological polar surface area (TPSA) is 96.7 Å². The molecule has 1 unspecified atom stereocenters.